The van der Waals surface area contributed by atoms with Gasteiger partial charge in [-0.3, -0.25) is 4.79 Å². The van der Waals surface area contributed by atoms with Gasteiger partial charge in [-0.25, -0.2) is 0 Å². The van der Waals surface area contributed by atoms with Crippen LogP contribution in [0.3, 0.4) is 0 Å². The number of fused-ring (bicyclic) bond motifs is 1. The topological polar surface area (TPSA) is 35.5 Å². The molecule has 3 atom stereocenters. The van der Waals surface area contributed by atoms with E-state index in [4.69, 9.17) is 15.9 Å². The Morgan fingerprint density at radius 1 is 1.62 bits per heavy atom. The number of methoxy groups -OCH3 is 1. The Balaban J connectivity index is 2.06. The van der Waals surface area contributed by atoms with E-state index in [2.05, 4.69) is 5.92 Å². The SMILES string of the molecule is C#CCO[C@@H]1CC2CCC[C@@]2(C(=O)OC)C1. The summed E-state index contributed by atoms with van der Waals surface area (Å²) in [6.07, 6.45) is 10.2. The maximum atomic E-state index is 11.9. The predicted molar refractivity (Wildman–Crippen MR) is 59.6 cm³/mol. The minimum absolute atomic E-state index is 0.0539. The summed E-state index contributed by atoms with van der Waals surface area (Å²) in [5, 5.41) is 0. The summed E-state index contributed by atoms with van der Waals surface area (Å²) in [7, 11) is 1.47. The van der Waals surface area contributed by atoms with E-state index in [1.165, 1.54) is 7.11 Å². The van der Waals surface area contributed by atoms with Gasteiger partial charge < -0.3 is 9.47 Å². The fraction of sp³-hybridized carbons (Fsp3) is 0.769. The van der Waals surface area contributed by atoms with Gasteiger partial charge in [0, 0.05) is 0 Å². The third-order valence-electron chi connectivity index (χ3n) is 4.09. The number of carbonyl (C=O) groups is 1. The molecule has 0 aromatic heterocycles. The quantitative estimate of drug-likeness (QED) is 0.539. The molecule has 3 heteroatoms. The van der Waals surface area contributed by atoms with Crippen LogP contribution in [-0.4, -0.2) is 25.8 Å². The Morgan fingerprint density at radius 3 is 3.12 bits per heavy atom. The van der Waals surface area contributed by atoms with Crippen molar-refractivity contribution < 1.29 is 14.3 Å². The standard InChI is InChI=1S/C13H18O3/c1-3-7-16-11-8-10-5-4-6-13(10,9-11)12(14)15-2/h1,10-11H,4-9H2,2H3/t10?,11-,13-/m1/s1. The Morgan fingerprint density at radius 2 is 2.44 bits per heavy atom. The van der Waals surface area contributed by atoms with E-state index >= 15 is 0 Å². The van der Waals surface area contributed by atoms with Crippen LogP contribution in [-0.2, 0) is 14.3 Å². The van der Waals surface area contributed by atoms with Crippen molar-refractivity contribution in [1.82, 2.24) is 0 Å². The second-order valence-electron chi connectivity index (χ2n) is 4.81. The summed E-state index contributed by atoms with van der Waals surface area (Å²) in [6, 6.07) is 0. The monoisotopic (exact) mass is 222 g/mol. The van der Waals surface area contributed by atoms with E-state index in [-0.39, 0.29) is 17.5 Å². The molecule has 2 fully saturated rings. The summed E-state index contributed by atoms with van der Waals surface area (Å²) in [4.78, 5) is 11.9. The van der Waals surface area contributed by atoms with Crippen LogP contribution in [0.15, 0.2) is 0 Å². The van der Waals surface area contributed by atoms with E-state index in [1.807, 2.05) is 0 Å². The van der Waals surface area contributed by atoms with Crippen LogP contribution in [0.2, 0.25) is 0 Å². The molecule has 0 aromatic carbocycles. The van der Waals surface area contributed by atoms with Gasteiger partial charge in [0.25, 0.3) is 0 Å². The van der Waals surface area contributed by atoms with Crippen LogP contribution in [0, 0.1) is 23.7 Å². The van der Waals surface area contributed by atoms with Crippen molar-refractivity contribution in [2.75, 3.05) is 13.7 Å². The second-order valence-corrected chi connectivity index (χ2v) is 4.81. The molecule has 0 saturated heterocycles. The molecule has 2 saturated carbocycles. The van der Waals surface area contributed by atoms with Crippen LogP contribution < -0.4 is 0 Å². The van der Waals surface area contributed by atoms with Crippen molar-refractivity contribution in [2.45, 2.75) is 38.2 Å². The molecule has 2 rings (SSSR count). The minimum Gasteiger partial charge on any atom is -0.469 e. The van der Waals surface area contributed by atoms with Gasteiger partial charge in [0.05, 0.1) is 18.6 Å². The Kier molecular flexibility index (Phi) is 3.20. The zero-order valence-corrected chi connectivity index (χ0v) is 9.70. The van der Waals surface area contributed by atoms with E-state index in [1.54, 1.807) is 0 Å². The molecule has 0 aromatic rings. The summed E-state index contributed by atoms with van der Waals surface area (Å²) in [6.45, 7) is 0.342. The number of rotatable bonds is 3. The Labute approximate surface area is 96.5 Å². The molecule has 0 heterocycles. The fourth-order valence-electron chi connectivity index (χ4n) is 3.41. The van der Waals surface area contributed by atoms with Crippen molar-refractivity contribution in [3.05, 3.63) is 0 Å². The van der Waals surface area contributed by atoms with Crippen LogP contribution >= 0.6 is 0 Å². The number of esters is 1. The summed E-state index contributed by atoms with van der Waals surface area (Å²) in [5.74, 6) is 2.86. The van der Waals surface area contributed by atoms with Crippen molar-refractivity contribution in [3.63, 3.8) is 0 Å². The number of terminal acetylenes is 1. The van der Waals surface area contributed by atoms with Gasteiger partial charge in [-0.05, 0) is 31.6 Å². The van der Waals surface area contributed by atoms with Crippen molar-refractivity contribution in [1.29, 1.82) is 0 Å². The van der Waals surface area contributed by atoms with Gasteiger partial charge in [0.1, 0.15) is 6.61 Å². The Hall–Kier alpha value is -1.01. The number of hydrogen-bond donors (Lipinski definition) is 0. The van der Waals surface area contributed by atoms with Gasteiger partial charge >= 0.3 is 5.97 Å². The predicted octanol–water partition coefficient (Wildman–Crippen LogP) is 1.76. The average molecular weight is 222 g/mol. The summed E-state index contributed by atoms with van der Waals surface area (Å²) >= 11 is 0. The van der Waals surface area contributed by atoms with Crippen LogP contribution in [0.1, 0.15) is 32.1 Å². The van der Waals surface area contributed by atoms with Crippen molar-refractivity contribution in [3.8, 4) is 12.3 Å². The molecule has 2 aliphatic carbocycles. The maximum absolute atomic E-state index is 11.9. The van der Waals surface area contributed by atoms with Gasteiger partial charge in [0.15, 0.2) is 0 Å². The lowest BCUT2D eigenvalue weighted by Gasteiger charge is -2.25. The van der Waals surface area contributed by atoms with Gasteiger partial charge in [-0.2, -0.15) is 0 Å². The normalized spacial score (nSPS) is 36.8. The van der Waals surface area contributed by atoms with Crippen LogP contribution in [0.5, 0.6) is 0 Å². The van der Waals surface area contributed by atoms with Crippen molar-refractivity contribution in [2.24, 2.45) is 11.3 Å². The molecule has 0 spiro atoms. The van der Waals surface area contributed by atoms with Crippen molar-refractivity contribution >= 4 is 5.97 Å². The lowest BCUT2D eigenvalue weighted by Crippen LogP contribution is -2.32. The molecule has 0 N–H and O–H groups in total. The largest absolute Gasteiger partial charge is 0.469 e. The highest BCUT2D eigenvalue weighted by Gasteiger charge is 2.55. The molecule has 3 nitrogen and oxygen atoms in total. The van der Waals surface area contributed by atoms with E-state index in [0.717, 1.165) is 32.1 Å². The van der Waals surface area contributed by atoms with Crippen LogP contribution in [0.4, 0.5) is 0 Å². The average Bonchev–Trinajstić information content (AvgIpc) is 2.82. The molecular weight excluding hydrogens is 204 g/mol. The molecule has 0 aliphatic heterocycles. The zero-order chi connectivity index (χ0) is 11.6. The van der Waals surface area contributed by atoms with Gasteiger partial charge in [-0.1, -0.05) is 12.3 Å². The van der Waals surface area contributed by atoms with E-state index in [9.17, 15) is 4.79 Å². The molecule has 1 unspecified atom stereocenters. The molecule has 16 heavy (non-hydrogen) atoms. The first kappa shape index (κ1) is 11.5. The smallest absolute Gasteiger partial charge is 0.312 e. The fourth-order valence-corrected chi connectivity index (χ4v) is 3.41. The minimum atomic E-state index is -0.270. The lowest BCUT2D eigenvalue weighted by atomic mass is 9.80. The third kappa shape index (κ3) is 1.72. The zero-order valence-electron chi connectivity index (χ0n) is 9.70. The molecule has 0 amide bonds. The molecule has 0 radical (unpaired) electrons. The lowest BCUT2D eigenvalue weighted by molar-refractivity contribution is -0.154. The number of carbonyl (C=O) groups excluding carboxylic acids is 1. The molecular formula is C13H18O3. The van der Waals surface area contributed by atoms with E-state index in [0.29, 0.717) is 12.5 Å². The molecule has 2 aliphatic rings. The molecule has 88 valence electrons. The van der Waals surface area contributed by atoms with Crippen LogP contribution in [0.25, 0.3) is 0 Å². The first-order valence-corrected chi connectivity index (χ1v) is 5.86. The molecule has 0 bridgehead atoms. The van der Waals surface area contributed by atoms with Gasteiger partial charge in [0.2, 0.25) is 0 Å². The highest BCUT2D eigenvalue weighted by Crippen LogP contribution is 2.55. The first-order valence-electron chi connectivity index (χ1n) is 5.86. The van der Waals surface area contributed by atoms with E-state index < -0.39 is 0 Å². The second kappa shape index (κ2) is 4.47. The summed E-state index contributed by atoms with van der Waals surface area (Å²) in [5.41, 5.74) is -0.270. The maximum Gasteiger partial charge on any atom is 0.312 e. The number of ether oxygens (including phenoxy) is 2. The number of hydrogen-bond acceptors (Lipinski definition) is 3. The summed E-state index contributed by atoms with van der Waals surface area (Å²) < 4.78 is 10.5. The highest BCUT2D eigenvalue weighted by atomic mass is 16.5. The third-order valence-corrected chi connectivity index (χ3v) is 4.09. The van der Waals surface area contributed by atoms with Gasteiger partial charge in [-0.15, -0.1) is 6.42 Å². The Bertz CT molecular complexity index is 318. The first-order chi connectivity index (χ1) is 7.73. The highest BCUT2D eigenvalue weighted by molar-refractivity contribution is 5.78.